The van der Waals surface area contributed by atoms with E-state index in [9.17, 15) is 0 Å². The first-order chi connectivity index (χ1) is 9.19. The third-order valence-electron chi connectivity index (χ3n) is 3.20. The van der Waals surface area contributed by atoms with E-state index in [0.717, 1.165) is 49.6 Å². The average molecular weight is 265 g/mol. The number of aryl methyl sites for hydroxylation is 2. The van der Waals surface area contributed by atoms with Crippen LogP contribution in [0.15, 0.2) is 0 Å². The third-order valence-corrected chi connectivity index (χ3v) is 3.20. The van der Waals surface area contributed by atoms with Gasteiger partial charge in [0.25, 0.3) is 0 Å². The Kier molecular flexibility index (Phi) is 7.60. The van der Waals surface area contributed by atoms with E-state index in [-0.39, 0.29) is 0 Å². The van der Waals surface area contributed by atoms with Crippen LogP contribution >= 0.6 is 0 Å². The summed E-state index contributed by atoms with van der Waals surface area (Å²) < 4.78 is 5.07. The van der Waals surface area contributed by atoms with Crippen LogP contribution in [0.2, 0.25) is 0 Å². The van der Waals surface area contributed by atoms with Crippen molar-refractivity contribution in [2.24, 2.45) is 0 Å². The van der Waals surface area contributed by atoms with Crippen molar-refractivity contribution >= 4 is 0 Å². The Morgan fingerprint density at radius 3 is 2.32 bits per heavy atom. The first kappa shape index (κ1) is 16.1. The maximum absolute atomic E-state index is 5.07. The number of methoxy groups -OCH3 is 1. The van der Waals surface area contributed by atoms with Crippen molar-refractivity contribution in [1.82, 2.24) is 15.3 Å². The summed E-state index contributed by atoms with van der Waals surface area (Å²) in [6.45, 7) is 9.20. The van der Waals surface area contributed by atoms with Gasteiger partial charge in [-0.2, -0.15) is 0 Å². The summed E-state index contributed by atoms with van der Waals surface area (Å²) in [6.07, 6.45) is 4.17. The summed E-state index contributed by atoms with van der Waals surface area (Å²) >= 11 is 0. The lowest BCUT2D eigenvalue weighted by molar-refractivity contribution is 0.200. The molecule has 0 aromatic carbocycles. The van der Waals surface area contributed by atoms with Gasteiger partial charge in [-0.15, -0.1) is 0 Å². The second kappa shape index (κ2) is 8.99. The van der Waals surface area contributed by atoms with Crippen LogP contribution in [-0.2, 0) is 17.6 Å². The number of hydrogen-bond donors (Lipinski definition) is 1. The Morgan fingerprint density at radius 2 is 1.74 bits per heavy atom. The summed E-state index contributed by atoms with van der Waals surface area (Å²) in [7, 11) is 1.71. The Bertz CT molecular complexity index is 357. The number of nitrogens with one attached hydrogen (secondary N) is 1. The molecule has 0 aliphatic carbocycles. The van der Waals surface area contributed by atoms with Crippen molar-refractivity contribution < 1.29 is 4.74 Å². The van der Waals surface area contributed by atoms with Gasteiger partial charge in [-0.1, -0.05) is 6.92 Å². The van der Waals surface area contributed by atoms with Crippen molar-refractivity contribution in [3.63, 3.8) is 0 Å². The molecule has 0 saturated heterocycles. The minimum Gasteiger partial charge on any atom is -0.384 e. The van der Waals surface area contributed by atoms with Crippen LogP contribution in [0, 0.1) is 13.8 Å². The zero-order valence-electron chi connectivity index (χ0n) is 12.8. The van der Waals surface area contributed by atoms with E-state index in [1.165, 1.54) is 12.0 Å². The van der Waals surface area contributed by atoms with Crippen molar-refractivity contribution in [1.29, 1.82) is 0 Å². The van der Waals surface area contributed by atoms with Gasteiger partial charge >= 0.3 is 0 Å². The van der Waals surface area contributed by atoms with Gasteiger partial charge in [-0.25, -0.2) is 9.97 Å². The Labute approximate surface area is 117 Å². The van der Waals surface area contributed by atoms with E-state index < -0.39 is 0 Å². The molecule has 1 aromatic rings. The van der Waals surface area contributed by atoms with Gasteiger partial charge in [-0.3, -0.25) is 0 Å². The highest BCUT2D eigenvalue weighted by atomic mass is 16.5. The van der Waals surface area contributed by atoms with Crippen molar-refractivity contribution in [2.75, 3.05) is 26.8 Å². The van der Waals surface area contributed by atoms with Gasteiger partial charge in [0.2, 0.25) is 0 Å². The highest BCUT2D eigenvalue weighted by molar-refractivity contribution is 5.24. The summed E-state index contributed by atoms with van der Waals surface area (Å²) in [5.41, 5.74) is 3.54. The molecule has 0 radical (unpaired) electrons. The van der Waals surface area contributed by atoms with E-state index in [2.05, 4.69) is 36.1 Å². The SMILES string of the molecule is CCCNCCCc1c(C)nc(CCOC)nc1C. The fraction of sp³-hybridized carbons (Fsp3) is 0.733. The van der Waals surface area contributed by atoms with E-state index in [1.807, 2.05) is 0 Å². The summed E-state index contributed by atoms with van der Waals surface area (Å²) in [5, 5.41) is 3.43. The second-order valence-electron chi connectivity index (χ2n) is 4.89. The number of ether oxygens (including phenoxy) is 1. The standard InChI is InChI=1S/C15H27N3O/c1-5-9-16-10-6-7-14-12(2)17-15(8-11-19-4)18-13(14)3/h16H,5-11H2,1-4H3. The fourth-order valence-electron chi connectivity index (χ4n) is 2.17. The molecule has 19 heavy (non-hydrogen) atoms. The predicted molar refractivity (Wildman–Crippen MR) is 78.6 cm³/mol. The lowest BCUT2D eigenvalue weighted by Crippen LogP contribution is -2.17. The maximum Gasteiger partial charge on any atom is 0.131 e. The van der Waals surface area contributed by atoms with Crippen LogP contribution in [0.1, 0.15) is 42.5 Å². The molecule has 1 aromatic heterocycles. The molecule has 1 heterocycles. The number of rotatable bonds is 9. The van der Waals surface area contributed by atoms with E-state index >= 15 is 0 Å². The summed E-state index contributed by atoms with van der Waals surface area (Å²) in [4.78, 5) is 9.15. The van der Waals surface area contributed by atoms with E-state index in [4.69, 9.17) is 4.74 Å². The van der Waals surface area contributed by atoms with Crippen molar-refractivity contribution in [2.45, 2.75) is 46.5 Å². The number of nitrogens with zero attached hydrogens (tertiary/aromatic N) is 2. The lowest BCUT2D eigenvalue weighted by Gasteiger charge is -2.11. The predicted octanol–water partition coefficient (Wildman–Crippen LogP) is 2.21. The molecule has 1 rings (SSSR count). The molecule has 0 saturated carbocycles. The van der Waals surface area contributed by atoms with Crippen molar-refractivity contribution in [3.05, 3.63) is 22.8 Å². The molecular formula is C15H27N3O. The van der Waals surface area contributed by atoms with Crippen LogP contribution in [0.25, 0.3) is 0 Å². The molecule has 0 fully saturated rings. The highest BCUT2D eigenvalue weighted by Crippen LogP contribution is 2.12. The van der Waals surface area contributed by atoms with Crippen LogP contribution in [0.4, 0.5) is 0 Å². The molecule has 0 atom stereocenters. The molecule has 108 valence electrons. The van der Waals surface area contributed by atoms with E-state index in [1.54, 1.807) is 7.11 Å². The topological polar surface area (TPSA) is 47.0 Å². The minimum absolute atomic E-state index is 0.680. The molecule has 0 spiro atoms. The first-order valence-electron chi connectivity index (χ1n) is 7.21. The van der Waals surface area contributed by atoms with Crippen LogP contribution < -0.4 is 5.32 Å². The minimum atomic E-state index is 0.680. The zero-order chi connectivity index (χ0) is 14.1. The molecule has 0 aliphatic rings. The van der Waals surface area contributed by atoms with Gasteiger partial charge in [0, 0.05) is 24.9 Å². The van der Waals surface area contributed by atoms with E-state index in [0.29, 0.717) is 6.61 Å². The molecule has 4 heteroatoms. The molecule has 0 bridgehead atoms. The lowest BCUT2D eigenvalue weighted by atomic mass is 10.1. The van der Waals surface area contributed by atoms with Gasteiger partial charge in [-0.05, 0) is 51.8 Å². The van der Waals surface area contributed by atoms with Crippen LogP contribution in [-0.4, -0.2) is 36.8 Å². The van der Waals surface area contributed by atoms with Crippen LogP contribution in [0.5, 0.6) is 0 Å². The average Bonchev–Trinajstić information content (AvgIpc) is 2.38. The van der Waals surface area contributed by atoms with Crippen LogP contribution in [0.3, 0.4) is 0 Å². The molecule has 1 N–H and O–H groups in total. The molecule has 0 aliphatic heterocycles. The third kappa shape index (κ3) is 5.66. The van der Waals surface area contributed by atoms with Crippen molar-refractivity contribution in [3.8, 4) is 0 Å². The molecule has 4 nitrogen and oxygen atoms in total. The summed E-state index contributed by atoms with van der Waals surface area (Å²) in [6, 6.07) is 0. The Hall–Kier alpha value is -1.00. The fourth-order valence-corrected chi connectivity index (χ4v) is 2.17. The smallest absolute Gasteiger partial charge is 0.131 e. The van der Waals surface area contributed by atoms with Gasteiger partial charge in [0.1, 0.15) is 5.82 Å². The Balaban J connectivity index is 2.53. The largest absolute Gasteiger partial charge is 0.384 e. The first-order valence-corrected chi connectivity index (χ1v) is 7.21. The maximum atomic E-state index is 5.07. The second-order valence-corrected chi connectivity index (χ2v) is 4.89. The monoisotopic (exact) mass is 265 g/mol. The quantitative estimate of drug-likeness (QED) is 0.695. The normalized spacial score (nSPS) is 10.9. The highest BCUT2D eigenvalue weighted by Gasteiger charge is 2.08. The molecular weight excluding hydrogens is 238 g/mol. The molecule has 0 amide bonds. The Morgan fingerprint density at radius 1 is 1.05 bits per heavy atom. The number of aromatic nitrogens is 2. The zero-order valence-corrected chi connectivity index (χ0v) is 12.8. The summed E-state index contributed by atoms with van der Waals surface area (Å²) in [5.74, 6) is 0.893. The van der Waals surface area contributed by atoms with Gasteiger partial charge in [0.15, 0.2) is 0 Å². The van der Waals surface area contributed by atoms with Gasteiger partial charge in [0.05, 0.1) is 6.61 Å². The van der Waals surface area contributed by atoms with Gasteiger partial charge < -0.3 is 10.1 Å². The number of hydrogen-bond acceptors (Lipinski definition) is 4. The molecule has 0 unspecified atom stereocenters.